The van der Waals surface area contributed by atoms with E-state index >= 15 is 0 Å². The fourth-order valence-corrected chi connectivity index (χ4v) is 4.92. The first-order valence-corrected chi connectivity index (χ1v) is 14.3. The van der Waals surface area contributed by atoms with Crippen molar-refractivity contribution in [2.75, 3.05) is 17.2 Å². The molecule has 0 saturated carbocycles. The van der Waals surface area contributed by atoms with Crippen molar-refractivity contribution in [3.05, 3.63) is 123 Å². The Labute approximate surface area is 252 Å². The van der Waals surface area contributed by atoms with Gasteiger partial charge in [0.15, 0.2) is 0 Å². The van der Waals surface area contributed by atoms with Gasteiger partial charge in [-0.05, 0) is 90.5 Å². The summed E-state index contributed by atoms with van der Waals surface area (Å²) in [6.07, 6.45) is 1.49. The number of hydrogen-bond donors (Lipinski definition) is 4. The highest BCUT2D eigenvalue weighted by Crippen LogP contribution is 2.30. The maximum atomic E-state index is 13.2. The van der Waals surface area contributed by atoms with Gasteiger partial charge in [-0.2, -0.15) is 0 Å². The van der Waals surface area contributed by atoms with Crippen LogP contribution in [0.3, 0.4) is 0 Å². The lowest BCUT2D eigenvalue weighted by Crippen LogP contribution is -2.18. The maximum Gasteiger partial charge on any atom is 0.335 e. The fourth-order valence-electron chi connectivity index (χ4n) is 3.94. The molecule has 0 atom stereocenters. The predicted molar refractivity (Wildman–Crippen MR) is 166 cm³/mol. The van der Waals surface area contributed by atoms with Crippen molar-refractivity contribution in [2.24, 2.45) is 0 Å². The van der Waals surface area contributed by atoms with Gasteiger partial charge < -0.3 is 15.7 Å². The van der Waals surface area contributed by atoms with E-state index in [-0.39, 0.29) is 26.9 Å². The second kappa shape index (κ2) is 14.2. The fraction of sp³-hybridized carbons (Fsp3) is 0.129. The Morgan fingerprint density at radius 1 is 0.756 bits per heavy atom. The van der Waals surface area contributed by atoms with Gasteiger partial charge in [0, 0.05) is 22.7 Å². The number of carboxylic acid groups (broad SMARTS) is 1. The number of hydrogen-bond acceptors (Lipinski definition) is 5. The molecular formula is C31H27Cl2N3O4S. The zero-order chi connectivity index (χ0) is 29.4. The minimum atomic E-state index is -0.950. The van der Waals surface area contributed by atoms with Crippen molar-refractivity contribution < 1.29 is 19.5 Å². The Kier molecular flexibility index (Phi) is 10.4. The molecule has 10 heteroatoms. The number of nitrogens with one attached hydrogen (secondary N) is 3. The lowest BCUT2D eigenvalue weighted by Gasteiger charge is -2.14. The summed E-state index contributed by atoms with van der Waals surface area (Å²) < 4.78 is 3.15. The molecule has 4 rings (SSSR count). The molecule has 4 aromatic rings. The second-order valence-electron chi connectivity index (χ2n) is 9.05. The maximum absolute atomic E-state index is 13.2. The molecule has 0 bridgehead atoms. The Morgan fingerprint density at radius 3 is 2.02 bits per heavy atom. The average Bonchev–Trinajstić information content (AvgIpc) is 2.97. The number of halogens is 2. The van der Waals surface area contributed by atoms with E-state index in [4.69, 9.17) is 28.3 Å². The van der Waals surface area contributed by atoms with Crippen LogP contribution in [0.15, 0.2) is 89.8 Å². The molecule has 210 valence electrons. The number of carbonyl (C=O) groups is 3. The Bertz CT molecular complexity index is 1560. The SMILES string of the molecule is CCNSc1cccc(C(=O)Nc2cc(Cl)c(Cl)cc2C(=O)Nc2ccc(CCc3ccc(C(=O)O)cc3)cc2)c1. The highest BCUT2D eigenvalue weighted by atomic mass is 35.5. The second-order valence-corrected chi connectivity index (χ2v) is 10.8. The number of aryl methyl sites for hydroxylation is 2. The van der Waals surface area contributed by atoms with E-state index in [9.17, 15) is 14.4 Å². The molecule has 0 aliphatic carbocycles. The van der Waals surface area contributed by atoms with Crippen LogP contribution in [0, 0.1) is 0 Å². The molecular weight excluding hydrogens is 581 g/mol. The molecule has 0 aliphatic heterocycles. The van der Waals surface area contributed by atoms with Gasteiger partial charge in [0.05, 0.1) is 26.9 Å². The Balaban J connectivity index is 1.43. The summed E-state index contributed by atoms with van der Waals surface area (Å²) in [5.74, 6) is -1.80. The third-order valence-corrected chi connectivity index (χ3v) is 7.74. The molecule has 0 aliphatic rings. The molecule has 0 heterocycles. The predicted octanol–water partition coefficient (Wildman–Crippen LogP) is 7.60. The molecule has 0 fully saturated rings. The Morgan fingerprint density at radius 2 is 1.39 bits per heavy atom. The molecule has 0 radical (unpaired) electrons. The first kappa shape index (κ1) is 30.1. The minimum absolute atomic E-state index is 0.166. The van der Waals surface area contributed by atoms with E-state index in [0.717, 1.165) is 35.4 Å². The first-order chi connectivity index (χ1) is 19.7. The van der Waals surface area contributed by atoms with E-state index in [1.807, 2.05) is 37.3 Å². The smallest absolute Gasteiger partial charge is 0.335 e. The van der Waals surface area contributed by atoms with Gasteiger partial charge in [-0.1, -0.05) is 60.5 Å². The highest BCUT2D eigenvalue weighted by molar-refractivity contribution is 7.97. The number of carbonyl (C=O) groups excluding carboxylic acids is 2. The quantitative estimate of drug-likeness (QED) is 0.131. The molecule has 2 amide bonds. The van der Waals surface area contributed by atoms with E-state index in [1.54, 1.807) is 42.5 Å². The molecule has 0 aromatic heterocycles. The molecule has 0 unspecified atom stereocenters. The zero-order valence-corrected chi connectivity index (χ0v) is 24.4. The number of rotatable bonds is 11. The number of benzene rings is 4. The van der Waals surface area contributed by atoms with Gasteiger partial charge in [0.25, 0.3) is 11.8 Å². The van der Waals surface area contributed by atoms with Crippen molar-refractivity contribution in [3.8, 4) is 0 Å². The molecule has 7 nitrogen and oxygen atoms in total. The van der Waals surface area contributed by atoms with Gasteiger partial charge in [0.2, 0.25) is 0 Å². The molecule has 4 N–H and O–H groups in total. The van der Waals surface area contributed by atoms with Crippen molar-refractivity contribution in [1.82, 2.24) is 4.72 Å². The molecule has 41 heavy (non-hydrogen) atoms. The summed E-state index contributed by atoms with van der Waals surface area (Å²) in [6, 6.07) is 24.2. The van der Waals surface area contributed by atoms with Crippen molar-refractivity contribution in [3.63, 3.8) is 0 Å². The van der Waals surface area contributed by atoms with Crippen LogP contribution in [-0.4, -0.2) is 29.4 Å². The van der Waals surface area contributed by atoms with Crippen molar-refractivity contribution >= 4 is 64.3 Å². The van der Waals surface area contributed by atoms with Gasteiger partial charge in [-0.3, -0.25) is 14.3 Å². The summed E-state index contributed by atoms with van der Waals surface area (Å²) in [5.41, 5.74) is 3.75. The zero-order valence-electron chi connectivity index (χ0n) is 22.0. The molecule has 0 saturated heterocycles. The van der Waals surface area contributed by atoms with Gasteiger partial charge in [0.1, 0.15) is 0 Å². The highest BCUT2D eigenvalue weighted by Gasteiger charge is 2.18. The number of amides is 2. The normalized spacial score (nSPS) is 10.7. The summed E-state index contributed by atoms with van der Waals surface area (Å²) >= 11 is 13.9. The van der Waals surface area contributed by atoms with Crippen LogP contribution in [0.5, 0.6) is 0 Å². The lowest BCUT2D eigenvalue weighted by molar-refractivity contribution is 0.0696. The van der Waals surface area contributed by atoms with Crippen molar-refractivity contribution in [2.45, 2.75) is 24.7 Å². The largest absolute Gasteiger partial charge is 0.478 e. The van der Waals surface area contributed by atoms with Crippen LogP contribution in [0.25, 0.3) is 0 Å². The average molecular weight is 609 g/mol. The van der Waals surface area contributed by atoms with Crippen LogP contribution in [-0.2, 0) is 12.8 Å². The summed E-state index contributed by atoms with van der Waals surface area (Å²) in [7, 11) is 0. The topological polar surface area (TPSA) is 108 Å². The summed E-state index contributed by atoms with van der Waals surface area (Å²) in [6.45, 7) is 2.76. The van der Waals surface area contributed by atoms with Crippen LogP contribution >= 0.6 is 35.1 Å². The molecule has 0 spiro atoms. The minimum Gasteiger partial charge on any atom is -0.478 e. The van der Waals surface area contributed by atoms with E-state index in [0.29, 0.717) is 11.3 Å². The summed E-state index contributed by atoms with van der Waals surface area (Å²) in [4.78, 5) is 38.2. The van der Waals surface area contributed by atoms with Crippen LogP contribution < -0.4 is 15.4 Å². The van der Waals surface area contributed by atoms with Crippen molar-refractivity contribution in [1.29, 1.82) is 0 Å². The van der Waals surface area contributed by atoms with Crippen LogP contribution in [0.1, 0.15) is 49.1 Å². The van der Waals surface area contributed by atoms with E-state index < -0.39 is 17.8 Å². The first-order valence-electron chi connectivity index (χ1n) is 12.8. The van der Waals surface area contributed by atoms with E-state index in [2.05, 4.69) is 15.4 Å². The van der Waals surface area contributed by atoms with Crippen LogP contribution in [0.2, 0.25) is 10.0 Å². The lowest BCUT2D eigenvalue weighted by atomic mass is 10.0. The number of aromatic carboxylic acids is 1. The standard InChI is InChI=1S/C31H27Cl2N3O4S/c1-2-34-41-24-5-3-4-22(16-24)29(37)36-28-18-27(33)26(32)17-25(28)30(38)35-23-14-10-20(11-15-23)7-6-19-8-12-21(13-9-19)31(39)40/h3-5,8-18,34H,2,6-7H2,1H3,(H,35,38)(H,36,37)(H,39,40). The number of carboxylic acids is 1. The van der Waals surface area contributed by atoms with Crippen LogP contribution in [0.4, 0.5) is 11.4 Å². The monoisotopic (exact) mass is 607 g/mol. The van der Waals surface area contributed by atoms with Gasteiger partial charge in [-0.15, -0.1) is 0 Å². The van der Waals surface area contributed by atoms with Gasteiger partial charge in [-0.25, -0.2) is 4.79 Å². The Hall–Kier alpha value is -3.82. The molecule has 4 aromatic carbocycles. The van der Waals surface area contributed by atoms with Gasteiger partial charge >= 0.3 is 5.97 Å². The third kappa shape index (κ3) is 8.34. The third-order valence-electron chi connectivity index (χ3n) is 6.10. The summed E-state index contributed by atoms with van der Waals surface area (Å²) in [5, 5.41) is 15.1. The van der Waals surface area contributed by atoms with E-state index in [1.165, 1.54) is 24.1 Å². The number of anilines is 2.